The van der Waals surface area contributed by atoms with Crippen molar-refractivity contribution in [1.82, 2.24) is 20.0 Å². The number of nitrogens with zero attached hydrogens (tertiary/aromatic N) is 3. The lowest BCUT2D eigenvalue weighted by molar-refractivity contribution is -0.149. The van der Waals surface area contributed by atoms with Gasteiger partial charge in [-0.1, -0.05) is 98.6 Å². The number of ether oxygens (including phenoxy) is 3. The van der Waals surface area contributed by atoms with E-state index in [1.807, 2.05) is 72.0 Å². The Morgan fingerprint density at radius 1 is 0.871 bits per heavy atom. The number of Topliss-reactive ketones (excluding diaryl/α,β-unsaturated/α-hetero) is 2. The molecule has 1 aromatic carbocycles. The number of rotatable bonds is 29. The van der Waals surface area contributed by atoms with E-state index in [-0.39, 0.29) is 78.4 Å². The first-order valence-corrected chi connectivity index (χ1v) is 23.1. The number of amides is 3. The predicted octanol–water partition coefficient (Wildman–Crippen LogP) is 6.74. The first-order valence-electron chi connectivity index (χ1n) is 23.1. The van der Waals surface area contributed by atoms with Gasteiger partial charge in [0.1, 0.15) is 5.78 Å². The molecule has 1 aliphatic heterocycles. The Hall–Kier alpha value is -3.68. The zero-order chi connectivity index (χ0) is 46.8. The Kier molecular flexibility index (Phi) is 23.6. The van der Waals surface area contributed by atoms with Crippen LogP contribution in [0, 0.1) is 35.5 Å². The molecule has 1 N–H and O–H groups in total. The zero-order valence-electron chi connectivity index (χ0n) is 40.6. The number of methoxy groups -OCH3 is 2. The van der Waals surface area contributed by atoms with Gasteiger partial charge in [-0.15, -0.1) is 0 Å². The van der Waals surface area contributed by atoms with E-state index in [2.05, 4.69) is 37.9 Å². The third-order valence-electron chi connectivity index (χ3n) is 13.3. The molecule has 13 heteroatoms. The van der Waals surface area contributed by atoms with Gasteiger partial charge in [-0.05, 0) is 63.5 Å². The van der Waals surface area contributed by atoms with Crippen LogP contribution in [0.5, 0.6) is 0 Å². The van der Waals surface area contributed by atoms with E-state index in [0.717, 1.165) is 18.4 Å². The smallest absolute Gasteiger partial charge is 0.295 e. The summed E-state index contributed by atoms with van der Waals surface area (Å²) in [7, 11) is 6.85. The molecule has 2 rings (SSSR count). The molecular weight excluding hydrogens is 789 g/mol. The summed E-state index contributed by atoms with van der Waals surface area (Å²) in [6.07, 6.45) is 1.53. The molecule has 2 unspecified atom stereocenters. The number of hydrogen-bond donors (Lipinski definition) is 1. The lowest BCUT2D eigenvalue weighted by Gasteiger charge is -2.41. The van der Waals surface area contributed by atoms with Crippen LogP contribution >= 0.6 is 0 Å². The topological polar surface area (TPSA) is 152 Å². The summed E-state index contributed by atoms with van der Waals surface area (Å²) in [6.45, 7) is 20.8. The minimum absolute atomic E-state index is 0.0133. The van der Waals surface area contributed by atoms with Crippen molar-refractivity contribution in [3.63, 3.8) is 0 Å². The van der Waals surface area contributed by atoms with Gasteiger partial charge in [0.05, 0.1) is 36.8 Å². The highest BCUT2D eigenvalue weighted by atomic mass is 16.5. The van der Waals surface area contributed by atoms with Crippen molar-refractivity contribution in [2.24, 2.45) is 35.5 Å². The fourth-order valence-electron chi connectivity index (χ4n) is 9.30. The summed E-state index contributed by atoms with van der Waals surface area (Å²) < 4.78 is 17.3. The average molecular weight is 871 g/mol. The number of hydrogen-bond acceptors (Lipinski definition) is 10. The molecule has 0 aromatic heterocycles. The van der Waals surface area contributed by atoms with Crippen molar-refractivity contribution < 1.29 is 43.0 Å². The summed E-state index contributed by atoms with van der Waals surface area (Å²) >= 11 is 0. The summed E-state index contributed by atoms with van der Waals surface area (Å²) in [6, 6.07) is 8.49. The number of carbonyl (C=O) groups excluding carboxylic acids is 6. The van der Waals surface area contributed by atoms with Crippen molar-refractivity contribution in [2.45, 2.75) is 170 Å². The molecule has 3 amide bonds. The molecule has 1 saturated heterocycles. The lowest BCUT2D eigenvalue weighted by atomic mass is 9.83. The number of ketones is 2. The second-order valence-corrected chi connectivity index (χ2v) is 18.6. The van der Waals surface area contributed by atoms with Gasteiger partial charge in [-0.3, -0.25) is 33.7 Å². The number of likely N-dealkylation sites (N-methyl/N-ethyl adjacent to an activating group) is 2. The molecule has 10 atom stereocenters. The molecule has 62 heavy (non-hydrogen) atoms. The van der Waals surface area contributed by atoms with E-state index in [1.165, 1.54) is 0 Å². The van der Waals surface area contributed by atoms with E-state index in [9.17, 15) is 28.8 Å². The third-order valence-corrected chi connectivity index (χ3v) is 13.3. The van der Waals surface area contributed by atoms with Crippen molar-refractivity contribution in [1.29, 1.82) is 0 Å². The van der Waals surface area contributed by atoms with Crippen molar-refractivity contribution in [3.05, 3.63) is 35.9 Å². The van der Waals surface area contributed by atoms with Crippen LogP contribution in [0.2, 0.25) is 0 Å². The van der Waals surface area contributed by atoms with Crippen LogP contribution in [0.15, 0.2) is 30.3 Å². The van der Waals surface area contributed by atoms with Gasteiger partial charge in [-0.25, -0.2) is 0 Å². The van der Waals surface area contributed by atoms with E-state index in [1.54, 1.807) is 38.0 Å². The number of carbonyl (C=O) groups is 6. The first-order chi connectivity index (χ1) is 29.3. The maximum atomic E-state index is 14.5. The van der Waals surface area contributed by atoms with Crippen LogP contribution in [0.25, 0.3) is 0 Å². The van der Waals surface area contributed by atoms with E-state index >= 15 is 0 Å². The molecule has 0 saturated carbocycles. The van der Waals surface area contributed by atoms with Crippen LogP contribution in [-0.2, 0) is 49.4 Å². The van der Waals surface area contributed by atoms with Crippen molar-refractivity contribution in [2.75, 3.05) is 34.9 Å². The minimum Gasteiger partial charge on any atom is -0.444 e. The predicted molar refractivity (Wildman–Crippen MR) is 243 cm³/mol. The quantitative estimate of drug-likeness (QED) is 0.0678. The molecular formula is C49H82N4O9. The van der Waals surface area contributed by atoms with Gasteiger partial charge >= 0.3 is 0 Å². The Labute approximate surface area is 373 Å². The summed E-state index contributed by atoms with van der Waals surface area (Å²) in [5, 5.41) is 2.82. The van der Waals surface area contributed by atoms with Crippen LogP contribution in [0.3, 0.4) is 0 Å². The average Bonchev–Trinajstić information content (AvgIpc) is 3.72. The Morgan fingerprint density at radius 2 is 1.52 bits per heavy atom. The minimum atomic E-state index is -0.797. The van der Waals surface area contributed by atoms with E-state index in [0.29, 0.717) is 38.7 Å². The van der Waals surface area contributed by atoms with Crippen LogP contribution in [0.4, 0.5) is 0 Å². The molecule has 0 aliphatic carbocycles. The van der Waals surface area contributed by atoms with Crippen molar-refractivity contribution >= 4 is 35.8 Å². The summed E-state index contributed by atoms with van der Waals surface area (Å²) in [5.74, 6) is -2.74. The molecule has 1 aromatic rings. The zero-order valence-corrected chi connectivity index (χ0v) is 40.6. The van der Waals surface area contributed by atoms with Gasteiger partial charge in [-0.2, -0.15) is 0 Å². The Morgan fingerprint density at radius 3 is 2.03 bits per heavy atom. The highest BCUT2D eigenvalue weighted by Crippen LogP contribution is 2.32. The van der Waals surface area contributed by atoms with Gasteiger partial charge in [0.25, 0.3) is 6.47 Å². The second-order valence-electron chi connectivity index (χ2n) is 18.6. The van der Waals surface area contributed by atoms with Crippen LogP contribution in [0.1, 0.15) is 126 Å². The van der Waals surface area contributed by atoms with Gasteiger partial charge in [0.15, 0.2) is 12.0 Å². The normalized spacial score (nSPS) is 18.7. The van der Waals surface area contributed by atoms with E-state index in [4.69, 9.17) is 14.2 Å². The third kappa shape index (κ3) is 15.2. The van der Waals surface area contributed by atoms with Crippen molar-refractivity contribution in [3.8, 4) is 0 Å². The van der Waals surface area contributed by atoms with Gasteiger partial charge in [0, 0.05) is 70.9 Å². The summed E-state index contributed by atoms with van der Waals surface area (Å²) in [4.78, 5) is 87.4. The largest absolute Gasteiger partial charge is 0.444 e. The fourth-order valence-corrected chi connectivity index (χ4v) is 9.30. The number of likely N-dealkylation sites (tertiary alicyclic amines) is 1. The second kappa shape index (κ2) is 26.8. The van der Waals surface area contributed by atoms with Crippen LogP contribution in [-0.4, -0.2) is 128 Å². The molecule has 1 fully saturated rings. The highest BCUT2D eigenvalue weighted by molar-refractivity contribution is 5.90. The van der Waals surface area contributed by atoms with Gasteiger partial charge < -0.3 is 29.3 Å². The monoisotopic (exact) mass is 871 g/mol. The maximum absolute atomic E-state index is 14.5. The molecule has 0 spiro atoms. The maximum Gasteiger partial charge on any atom is 0.295 e. The molecule has 352 valence electrons. The van der Waals surface area contributed by atoms with Crippen LogP contribution < -0.4 is 5.32 Å². The molecule has 13 nitrogen and oxygen atoms in total. The number of benzene rings is 1. The fraction of sp³-hybridized carbons (Fsp3) is 0.755. The molecule has 1 aliphatic rings. The Balaban J connectivity index is 2.34. The standard InChI is InChI=1S/C49H82N4O9/c1-15-21-43(62-30-54)50-48(58)37(26-36-22-18-17-19-23-36)27-40(55)35(10)47(61-14)39-24-20-25-53(39)44(57)29-42(60-13)46(34(9)16-2)52(12)49(59)38(31(3)4)28-41(56)45(32(5)6)51(11)33(7)8/h17-19,22-23,30-35,37-39,42-43,45-47H,15-16,20-21,24-29H2,1-14H3,(H,50,58)/t34-,35-,37+,38-,39?,42+,43?,45-,46-,47+/m0/s1. The highest BCUT2D eigenvalue weighted by Gasteiger charge is 2.44. The van der Waals surface area contributed by atoms with E-state index < -0.39 is 48.3 Å². The SMILES string of the molecule is CCCC(NC(=O)[C@@H](CC(=O)[C@H](C)[C@@H](OC)C1CCCN1C(=O)C[C@@H](OC)[C@H]([C@@H](C)CC)N(C)C(=O)[C@@H](CC(=O)[C@H](C(C)C)N(C)C(C)C)C(C)C)Cc1ccccc1)OC=O. The molecule has 0 radical (unpaired) electrons. The summed E-state index contributed by atoms with van der Waals surface area (Å²) in [5.41, 5.74) is 0.894. The molecule has 1 heterocycles. The Bertz CT molecular complexity index is 1550. The molecule has 0 bridgehead atoms. The van der Waals surface area contributed by atoms with Gasteiger partial charge in [0.2, 0.25) is 17.7 Å². The lowest BCUT2D eigenvalue weighted by Crippen LogP contribution is -2.54. The number of nitrogens with one attached hydrogen (secondary N) is 1. The first kappa shape index (κ1) is 54.5.